The first-order chi connectivity index (χ1) is 12.5. The Morgan fingerprint density at radius 3 is 2.81 bits per heavy atom. The van der Waals surface area contributed by atoms with Crippen LogP contribution >= 0.6 is 23.5 Å². The molecule has 0 unspecified atom stereocenters. The first kappa shape index (κ1) is 18.4. The van der Waals surface area contributed by atoms with Crippen molar-refractivity contribution in [2.24, 2.45) is 4.99 Å². The highest BCUT2D eigenvalue weighted by Gasteiger charge is 2.30. The average molecular weight is 386 g/mol. The second-order valence-corrected chi connectivity index (χ2v) is 7.39. The van der Waals surface area contributed by atoms with E-state index in [1.807, 2.05) is 30.5 Å². The van der Waals surface area contributed by atoms with Crippen LogP contribution in [0.1, 0.15) is 5.56 Å². The minimum Gasteiger partial charge on any atom is -0.504 e. The standard InChI is InChI=1S/C19H18N2O3S2/c1-21-18(23)17(10-12-7-8-15(22)16(9-12)24-2)26-19(21)20-13-5-4-6-14(11-13)25-3/h4-11,22H,1-3H3/b17-10+,20-19?. The molecule has 2 aromatic rings. The first-order valence-electron chi connectivity index (χ1n) is 7.79. The lowest BCUT2D eigenvalue weighted by molar-refractivity contribution is -0.121. The summed E-state index contributed by atoms with van der Waals surface area (Å²) in [5.74, 6) is 0.320. The summed E-state index contributed by atoms with van der Waals surface area (Å²) in [7, 11) is 3.20. The number of rotatable bonds is 4. The van der Waals surface area contributed by atoms with Gasteiger partial charge in [-0.05, 0) is 60.0 Å². The van der Waals surface area contributed by atoms with Crippen LogP contribution < -0.4 is 4.74 Å². The number of ether oxygens (including phenoxy) is 1. The van der Waals surface area contributed by atoms with Crippen LogP contribution in [0.25, 0.3) is 6.08 Å². The van der Waals surface area contributed by atoms with E-state index in [0.717, 1.165) is 16.1 Å². The second kappa shape index (κ2) is 7.88. The summed E-state index contributed by atoms with van der Waals surface area (Å²) in [6.45, 7) is 0. The molecular formula is C19H18N2O3S2. The molecule has 0 bridgehead atoms. The molecule has 26 heavy (non-hydrogen) atoms. The summed E-state index contributed by atoms with van der Waals surface area (Å²) in [5.41, 5.74) is 1.58. The first-order valence-corrected chi connectivity index (χ1v) is 9.83. The molecule has 0 aliphatic carbocycles. The fraction of sp³-hybridized carbons (Fsp3) is 0.158. The van der Waals surface area contributed by atoms with Crippen LogP contribution in [0.4, 0.5) is 5.69 Å². The number of methoxy groups -OCH3 is 1. The van der Waals surface area contributed by atoms with Gasteiger partial charge in [0.05, 0.1) is 17.7 Å². The van der Waals surface area contributed by atoms with E-state index in [9.17, 15) is 9.90 Å². The number of hydrogen-bond acceptors (Lipinski definition) is 6. The number of carbonyl (C=O) groups is 1. The molecular weight excluding hydrogens is 368 g/mol. The van der Waals surface area contributed by atoms with Crippen molar-refractivity contribution in [1.29, 1.82) is 0 Å². The molecule has 0 radical (unpaired) electrons. The molecule has 0 aromatic heterocycles. The number of benzene rings is 2. The van der Waals surface area contributed by atoms with Gasteiger partial charge in [-0.3, -0.25) is 9.69 Å². The number of phenols is 1. The lowest BCUT2D eigenvalue weighted by Crippen LogP contribution is -2.23. The number of amides is 1. The molecule has 1 saturated heterocycles. The van der Waals surface area contributed by atoms with E-state index >= 15 is 0 Å². The lowest BCUT2D eigenvalue weighted by atomic mass is 10.2. The van der Waals surface area contributed by atoms with Gasteiger partial charge in [0.25, 0.3) is 5.91 Å². The van der Waals surface area contributed by atoms with Crippen molar-refractivity contribution in [3.05, 3.63) is 52.9 Å². The Morgan fingerprint density at radius 1 is 1.27 bits per heavy atom. The number of aliphatic imine (C=N–C) groups is 1. The summed E-state index contributed by atoms with van der Waals surface area (Å²) in [5, 5.41) is 10.3. The largest absolute Gasteiger partial charge is 0.504 e. The van der Waals surface area contributed by atoms with Crippen molar-refractivity contribution >= 4 is 46.4 Å². The van der Waals surface area contributed by atoms with Gasteiger partial charge in [-0.15, -0.1) is 11.8 Å². The molecule has 1 aliphatic rings. The Bertz CT molecular complexity index is 909. The van der Waals surface area contributed by atoms with Crippen molar-refractivity contribution in [3.63, 3.8) is 0 Å². The Morgan fingerprint density at radius 2 is 2.08 bits per heavy atom. The SMILES string of the molecule is COc1cc(/C=C2/SC(=Nc3cccc(SC)c3)N(C)C2=O)ccc1O. The normalized spacial score (nSPS) is 17.3. The summed E-state index contributed by atoms with van der Waals surface area (Å²) in [6, 6.07) is 12.8. The van der Waals surface area contributed by atoms with E-state index in [1.54, 1.807) is 48.0 Å². The Labute approximate surface area is 160 Å². The molecule has 0 spiro atoms. The summed E-state index contributed by atoms with van der Waals surface area (Å²) in [4.78, 5) is 20.4. The summed E-state index contributed by atoms with van der Waals surface area (Å²) >= 11 is 2.97. The van der Waals surface area contributed by atoms with Crippen molar-refractivity contribution in [2.75, 3.05) is 20.4 Å². The van der Waals surface area contributed by atoms with Crippen LogP contribution in [0.5, 0.6) is 11.5 Å². The Balaban J connectivity index is 1.89. The number of likely N-dealkylation sites (N-methyl/N-ethyl adjacent to an activating group) is 1. The van der Waals surface area contributed by atoms with E-state index in [0.29, 0.717) is 15.8 Å². The topological polar surface area (TPSA) is 62.1 Å². The monoisotopic (exact) mass is 386 g/mol. The van der Waals surface area contributed by atoms with E-state index in [2.05, 4.69) is 4.99 Å². The predicted octanol–water partition coefficient (Wildman–Crippen LogP) is 4.36. The quantitative estimate of drug-likeness (QED) is 0.625. The van der Waals surface area contributed by atoms with E-state index in [1.165, 1.54) is 18.9 Å². The number of nitrogens with zero attached hydrogens (tertiary/aromatic N) is 2. The van der Waals surface area contributed by atoms with Gasteiger partial charge in [-0.25, -0.2) is 4.99 Å². The summed E-state index contributed by atoms with van der Waals surface area (Å²) < 4.78 is 5.11. The second-order valence-electron chi connectivity index (χ2n) is 5.50. The third-order valence-corrected chi connectivity index (χ3v) is 5.57. The summed E-state index contributed by atoms with van der Waals surface area (Å²) in [6.07, 6.45) is 3.78. The molecule has 1 aliphatic heterocycles. The number of amidine groups is 1. The maximum atomic E-state index is 12.5. The Hall–Kier alpha value is -2.38. The molecule has 1 heterocycles. The zero-order chi connectivity index (χ0) is 18.7. The molecule has 134 valence electrons. The van der Waals surface area contributed by atoms with Crippen LogP contribution in [0.15, 0.2) is 57.3 Å². The van der Waals surface area contributed by atoms with Crippen LogP contribution in [-0.2, 0) is 4.79 Å². The third kappa shape index (κ3) is 3.89. The van der Waals surface area contributed by atoms with Crippen LogP contribution in [-0.4, -0.2) is 41.5 Å². The molecule has 5 nitrogen and oxygen atoms in total. The van der Waals surface area contributed by atoms with Gasteiger partial charge in [0, 0.05) is 11.9 Å². The zero-order valence-electron chi connectivity index (χ0n) is 14.6. The molecule has 0 saturated carbocycles. The number of thioether (sulfide) groups is 2. The number of hydrogen-bond donors (Lipinski definition) is 1. The molecule has 1 N–H and O–H groups in total. The molecule has 0 atom stereocenters. The third-order valence-electron chi connectivity index (χ3n) is 3.78. The van der Waals surface area contributed by atoms with Crippen LogP contribution in [0.2, 0.25) is 0 Å². The van der Waals surface area contributed by atoms with Crippen molar-refractivity contribution in [1.82, 2.24) is 4.90 Å². The van der Waals surface area contributed by atoms with Gasteiger partial charge in [-0.2, -0.15) is 0 Å². The van der Waals surface area contributed by atoms with Crippen molar-refractivity contribution in [2.45, 2.75) is 4.90 Å². The highest BCUT2D eigenvalue weighted by atomic mass is 32.2. The molecule has 2 aromatic carbocycles. The average Bonchev–Trinajstić information content (AvgIpc) is 2.91. The lowest BCUT2D eigenvalue weighted by Gasteiger charge is -2.07. The fourth-order valence-electron chi connectivity index (χ4n) is 2.38. The van der Waals surface area contributed by atoms with Crippen LogP contribution in [0.3, 0.4) is 0 Å². The van der Waals surface area contributed by atoms with Crippen LogP contribution in [0, 0.1) is 0 Å². The molecule has 7 heteroatoms. The van der Waals surface area contributed by atoms with Gasteiger partial charge in [0.15, 0.2) is 16.7 Å². The molecule has 1 amide bonds. The van der Waals surface area contributed by atoms with Crippen molar-refractivity contribution in [3.8, 4) is 11.5 Å². The zero-order valence-corrected chi connectivity index (χ0v) is 16.2. The predicted molar refractivity (Wildman–Crippen MR) is 108 cm³/mol. The number of carbonyl (C=O) groups excluding carboxylic acids is 1. The number of aromatic hydroxyl groups is 1. The minimum absolute atomic E-state index is 0.0631. The van der Waals surface area contributed by atoms with Gasteiger partial charge >= 0.3 is 0 Å². The smallest absolute Gasteiger partial charge is 0.266 e. The van der Waals surface area contributed by atoms with Gasteiger partial charge in [0.1, 0.15) is 0 Å². The van der Waals surface area contributed by atoms with E-state index in [4.69, 9.17) is 4.74 Å². The molecule has 1 fully saturated rings. The maximum Gasteiger partial charge on any atom is 0.266 e. The van der Waals surface area contributed by atoms with Crippen molar-refractivity contribution < 1.29 is 14.6 Å². The highest BCUT2D eigenvalue weighted by Crippen LogP contribution is 2.35. The van der Waals surface area contributed by atoms with E-state index < -0.39 is 0 Å². The molecule has 3 rings (SSSR count). The highest BCUT2D eigenvalue weighted by molar-refractivity contribution is 8.18. The van der Waals surface area contributed by atoms with Gasteiger partial charge < -0.3 is 9.84 Å². The fourth-order valence-corrected chi connectivity index (χ4v) is 3.82. The Kier molecular flexibility index (Phi) is 5.58. The van der Waals surface area contributed by atoms with Gasteiger partial charge in [-0.1, -0.05) is 12.1 Å². The van der Waals surface area contributed by atoms with E-state index in [-0.39, 0.29) is 11.7 Å². The minimum atomic E-state index is -0.109. The maximum absolute atomic E-state index is 12.5. The van der Waals surface area contributed by atoms with Gasteiger partial charge in [0.2, 0.25) is 0 Å². The number of phenolic OH excluding ortho intramolecular Hbond substituents is 1.